The van der Waals surface area contributed by atoms with Crippen LogP contribution in [0.3, 0.4) is 0 Å². The van der Waals surface area contributed by atoms with Crippen LogP contribution >= 0.6 is 0 Å². The second-order valence-electron chi connectivity index (χ2n) is 4.67. The van der Waals surface area contributed by atoms with Gasteiger partial charge in [0.15, 0.2) is 11.5 Å². The highest BCUT2D eigenvalue weighted by atomic mass is 16.5. The summed E-state index contributed by atoms with van der Waals surface area (Å²) in [4.78, 5) is 12.3. The Morgan fingerprint density at radius 3 is 2.10 bits per heavy atom. The highest BCUT2D eigenvalue weighted by Gasteiger charge is 2.25. The van der Waals surface area contributed by atoms with Gasteiger partial charge in [-0.1, -0.05) is 6.92 Å². The molecule has 1 atom stereocenters. The summed E-state index contributed by atoms with van der Waals surface area (Å²) in [6.07, 6.45) is 0.500. The number of rotatable bonds is 6. The van der Waals surface area contributed by atoms with Gasteiger partial charge in [-0.2, -0.15) is 5.26 Å². The zero-order valence-corrected chi connectivity index (χ0v) is 12.9. The number of nitrogens with zero attached hydrogens (tertiary/aromatic N) is 1. The monoisotopic (exact) mass is 292 g/mol. The van der Waals surface area contributed by atoms with Crippen molar-refractivity contribution in [2.45, 2.75) is 25.8 Å². The maximum absolute atomic E-state index is 12.3. The van der Waals surface area contributed by atoms with E-state index in [1.807, 2.05) is 6.92 Å². The van der Waals surface area contributed by atoms with Gasteiger partial charge in [0.25, 0.3) is 5.91 Å². The molecule has 1 aromatic rings. The quantitative estimate of drug-likeness (QED) is 0.868. The standard InChI is InChI=1S/C15H20N2O4/c1-6-15(2,9-16)17-14(18)10-7-11(19-3)13(21-5)12(8-10)20-4/h7-8H,6H2,1-5H3,(H,17,18)/t15-/m0/s1. The molecule has 1 rings (SSSR count). The molecule has 0 aliphatic rings. The van der Waals surface area contributed by atoms with Crippen LogP contribution in [0.5, 0.6) is 17.2 Å². The number of methoxy groups -OCH3 is 3. The third-order valence-corrected chi connectivity index (χ3v) is 3.27. The molecule has 0 saturated heterocycles. The van der Waals surface area contributed by atoms with Gasteiger partial charge in [0.2, 0.25) is 5.75 Å². The van der Waals surface area contributed by atoms with Crippen LogP contribution in [-0.2, 0) is 0 Å². The van der Waals surface area contributed by atoms with Crippen molar-refractivity contribution in [3.63, 3.8) is 0 Å². The van der Waals surface area contributed by atoms with Crippen LogP contribution in [0.2, 0.25) is 0 Å². The van der Waals surface area contributed by atoms with Crippen molar-refractivity contribution in [3.8, 4) is 23.3 Å². The average Bonchev–Trinajstić information content (AvgIpc) is 2.52. The Hall–Kier alpha value is -2.42. The first-order valence-corrected chi connectivity index (χ1v) is 6.48. The molecule has 114 valence electrons. The van der Waals surface area contributed by atoms with E-state index in [0.29, 0.717) is 29.2 Å². The molecule has 0 fully saturated rings. The molecule has 0 aliphatic carbocycles. The second kappa shape index (κ2) is 6.84. The van der Waals surface area contributed by atoms with Gasteiger partial charge in [0, 0.05) is 5.56 Å². The van der Waals surface area contributed by atoms with Crippen LogP contribution in [0.1, 0.15) is 30.6 Å². The number of hydrogen-bond acceptors (Lipinski definition) is 5. The molecule has 0 spiro atoms. The number of benzene rings is 1. The first kappa shape index (κ1) is 16.6. The van der Waals surface area contributed by atoms with Crippen LogP contribution in [-0.4, -0.2) is 32.8 Å². The molecule has 0 aromatic heterocycles. The fourth-order valence-electron chi connectivity index (χ4n) is 1.73. The highest BCUT2D eigenvalue weighted by molar-refractivity contribution is 5.96. The zero-order valence-electron chi connectivity index (χ0n) is 12.9. The molecule has 0 radical (unpaired) electrons. The molecule has 1 amide bonds. The molecule has 0 bridgehead atoms. The number of nitriles is 1. The van der Waals surface area contributed by atoms with E-state index in [0.717, 1.165) is 0 Å². The van der Waals surface area contributed by atoms with E-state index in [2.05, 4.69) is 11.4 Å². The van der Waals surface area contributed by atoms with Crippen molar-refractivity contribution < 1.29 is 19.0 Å². The molecule has 1 N–H and O–H groups in total. The van der Waals surface area contributed by atoms with Gasteiger partial charge in [-0.3, -0.25) is 4.79 Å². The lowest BCUT2D eigenvalue weighted by Gasteiger charge is -2.22. The van der Waals surface area contributed by atoms with Crippen molar-refractivity contribution in [2.75, 3.05) is 21.3 Å². The SMILES string of the molecule is CC[C@@](C)(C#N)NC(=O)c1cc(OC)c(OC)c(OC)c1. The van der Waals surface area contributed by atoms with Crippen molar-refractivity contribution in [1.29, 1.82) is 5.26 Å². The minimum atomic E-state index is -0.919. The van der Waals surface area contributed by atoms with E-state index in [1.165, 1.54) is 21.3 Å². The molecule has 0 saturated carbocycles. The van der Waals surface area contributed by atoms with Gasteiger partial charge >= 0.3 is 0 Å². The van der Waals surface area contributed by atoms with Gasteiger partial charge in [-0.05, 0) is 25.5 Å². The van der Waals surface area contributed by atoms with Gasteiger partial charge in [-0.25, -0.2) is 0 Å². The summed E-state index contributed by atoms with van der Waals surface area (Å²) in [5, 5.41) is 11.8. The number of amides is 1. The third kappa shape index (κ3) is 3.57. The number of carbonyl (C=O) groups is 1. The summed E-state index contributed by atoms with van der Waals surface area (Å²) < 4.78 is 15.6. The number of nitrogens with one attached hydrogen (secondary N) is 1. The Morgan fingerprint density at radius 1 is 1.24 bits per heavy atom. The maximum Gasteiger partial charge on any atom is 0.252 e. The lowest BCUT2D eigenvalue weighted by molar-refractivity contribution is 0.0922. The maximum atomic E-state index is 12.3. The fraction of sp³-hybridized carbons (Fsp3) is 0.467. The van der Waals surface area contributed by atoms with E-state index in [-0.39, 0.29) is 5.91 Å². The molecular formula is C15H20N2O4. The first-order valence-electron chi connectivity index (χ1n) is 6.48. The summed E-state index contributed by atoms with van der Waals surface area (Å²) in [5.74, 6) is 0.810. The molecule has 21 heavy (non-hydrogen) atoms. The molecule has 0 unspecified atom stereocenters. The number of ether oxygens (including phenoxy) is 3. The lowest BCUT2D eigenvalue weighted by atomic mass is 10.0. The smallest absolute Gasteiger partial charge is 0.252 e. The van der Waals surface area contributed by atoms with Gasteiger partial charge in [0.05, 0.1) is 27.4 Å². The number of carbonyl (C=O) groups excluding carboxylic acids is 1. The zero-order chi connectivity index (χ0) is 16.0. The Balaban J connectivity index is 3.20. The Morgan fingerprint density at radius 2 is 1.76 bits per heavy atom. The van der Waals surface area contributed by atoms with E-state index in [9.17, 15) is 4.79 Å². The Labute approximate surface area is 124 Å². The summed E-state index contributed by atoms with van der Waals surface area (Å²) >= 11 is 0. The third-order valence-electron chi connectivity index (χ3n) is 3.27. The van der Waals surface area contributed by atoms with E-state index in [4.69, 9.17) is 19.5 Å². The Kier molecular flexibility index (Phi) is 5.42. The average molecular weight is 292 g/mol. The molecular weight excluding hydrogens is 272 g/mol. The normalized spacial score (nSPS) is 12.8. The van der Waals surface area contributed by atoms with Crippen LogP contribution in [0, 0.1) is 11.3 Å². The predicted molar refractivity (Wildman–Crippen MR) is 77.9 cm³/mol. The molecule has 6 nitrogen and oxygen atoms in total. The van der Waals surface area contributed by atoms with E-state index >= 15 is 0 Å². The van der Waals surface area contributed by atoms with Crippen LogP contribution < -0.4 is 19.5 Å². The summed E-state index contributed by atoms with van der Waals surface area (Å²) in [7, 11) is 4.44. The van der Waals surface area contributed by atoms with E-state index < -0.39 is 5.54 Å². The second-order valence-corrected chi connectivity index (χ2v) is 4.67. The van der Waals surface area contributed by atoms with Gasteiger partial charge in [0.1, 0.15) is 5.54 Å². The van der Waals surface area contributed by atoms with E-state index in [1.54, 1.807) is 19.1 Å². The summed E-state index contributed by atoms with van der Waals surface area (Å²) in [6.45, 7) is 3.50. The minimum Gasteiger partial charge on any atom is -0.493 e. The van der Waals surface area contributed by atoms with Crippen LogP contribution in [0.4, 0.5) is 0 Å². The minimum absolute atomic E-state index is 0.333. The summed E-state index contributed by atoms with van der Waals surface area (Å²) in [5.41, 5.74) is -0.586. The molecule has 6 heteroatoms. The predicted octanol–water partition coefficient (Wildman–Crippen LogP) is 2.13. The van der Waals surface area contributed by atoms with Crippen molar-refractivity contribution in [3.05, 3.63) is 17.7 Å². The van der Waals surface area contributed by atoms with Crippen LogP contribution in [0.15, 0.2) is 12.1 Å². The first-order chi connectivity index (χ1) is 9.94. The van der Waals surface area contributed by atoms with Crippen LogP contribution in [0.25, 0.3) is 0 Å². The van der Waals surface area contributed by atoms with Gasteiger partial charge in [-0.15, -0.1) is 0 Å². The summed E-state index contributed by atoms with van der Waals surface area (Å²) in [6, 6.07) is 5.18. The molecule has 0 heterocycles. The number of hydrogen-bond donors (Lipinski definition) is 1. The van der Waals surface area contributed by atoms with Gasteiger partial charge < -0.3 is 19.5 Å². The fourth-order valence-corrected chi connectivity index (χ4v) is 1.73. The van der Waals surface area contributed by atoms with Crippen molar-refractivity contribution in [1.82, 2.24) is 5.32 Å². The molecule has 1 aromatic carbocycles. The molecule has 0 aliphatic heterocycles. The Bertz CT molecular complexity index is 540. The lowest BCUT2D eigenvalue weighted by Crippen LogP contribution is -2.44. The van der Waals surface area contributed by atoms with Crippen molar-refractivity contribution in [2.24, 2.45) is 0 Å². The largest absolute Gasteiger partial charge is 0.493 e. The van der Waals surface area contributed by atoms with Crippen molar-refractivity contribution >= 4 is 5.91 Å². The highest BCUT2D eigenvalue weighted by Crippen LogP contribution is 2.38. The topological polar surface area (TPSA) is 80.6 Å².